The molecule has 0 aliphatic carbocycles. The van der Waals surface area contributed by atoms with Gasteiger partial charge in [-0.3, -0.25) is 4.79 Å². The lowest BCUT2D eigenvalue weighted by atomic mass is 10.1. The highest BCUT2D eigenvalue weighted by Crippen LogP contribution is 2.22. The number of hydrogen-bond acceptors (Lipinski definition) is 4. The number of carbonyl (C=O) groups is 1. The van der Waals surface area contributed by atoms with Gasteiger partial charge in [-0.15, -0.1) is 0 Å². The van der Waals surface area contributed by atoms with Gasteiger partial charge < -0.3 is 9.74 Å². The standard InChI is InChI=1S/C13H18N2O2/c1-10(16)11-3-2-4-12(9-11)15-7-5-13(17-14)6-8-15/h2-4,9,13H,5-8,14H2,1H3. The zero-order valence-corrected chi connectivity index (χ0v) is 10.1. The molecule has 1 aromatic carbocycles. The maximum Gasteiger partial charge on any atom is 0.159 e. The molecule has 0 bridgehead atoms. The van der Waals surface area contributed by atoms with Crippen LogP contribution in [0.25, 0.3) is 0 Å². The van der Waals surface area contributed by atoms with Crippen LogP contribution in [0.3, 0.4) is 0 Å². The summed E-state index contributed by atoms with van der Waals surface area (Å²) in [6.45, 7) is 3.43. The van der Waals surface area contributed by atoms with Crippen LogP contribution in [0.5, 0.6) is 0 Å². The molecule has 1 aliphatic rings. The number of nitrogens with two attached hydrogens (primary N) is 1. The summed E-state index contributed by atoms with van der Waals surface area (Å²) in [4.78, 5) is 18.4. The summed E-state index contributed by atoms with van der Waals surface area (Å²) < 4.78 is 0. The average Bonchev–Trinajstić information content (AvgIpc) is 2.39. The van der Waals surface area contributed by atoms with Gasteiger partial charge in [0.15, 0.2) is 5.78 Å². The Kier molecular flexibility index (Phi) is 3.76. The molecule has 4 heteroatoms. The number of anilines is 1. The molecular weight excluding hydrogens is 216 g/mol. The number of carbonyl (C=O) groups excluding carboxylic acids is 1. The molecule has 0 saturated carbocycles. The molecule has 92 valence electrons. The van der Waals surface area contributed by atoms with Gasteiger partial charge in [-0.05, 0) is 31.9 Å². The first kappa shape index (κ1) is 12.1. The van der Waals surface area contributed by atoms with E-state index >= 15 is 0 Å². The normalized spacial score (nSPS) is 17.2. The third kappa shape index (κ3) is 2.84. The van der Waals surface area contributed by atoms with Crippen LogP contribution in [0.15, 0.2) is 24.3 Å². The average molecular weight is 234 g/mol. The van der Waals surface area contributed by atoms with Crippen molar-refractivity contribution in [2.75, 3.05) is 18.0 Å². The molecule has 0 unspecified atom stereocenters. The molecule has 0 radical (unpaired) electrons. The van der Waals surface area contributed by atoms with E-state index in [0.717, 1.165) is 37.2 Å². The largest absolute Gasteiger partial charge is 0.371 e. The Labute approximate surface area is 101 Å². The summed E-state index contributed by atoms with van der Waals surface area (Å²) >= 11 is 0. The van der Waals surface area contributed by atoms with Crippen molar-refractivity contribution >= 4 is 11.5 Å². The fraction of sp³-hybridized carbons (Fsp3) is 0.462. The molecule has 1 saturated heterocycles. The van der Waals surface area contributed by atoms with Gasteiger partial charge in [0.25, 0.3) is 0 Å². The number of nitrogens with zero attached hydrogens (tertiary/aromatic N) is 1. The molecule has 1 aromatic rings. The lowest BCUT2D eigenvalue weighted by Gasteiger charge is -2.32. The van der Waals surface area contributed by atoms with E-state index in [1.807, 2.05) is 24.3 Å². The van der Waals surface area contributed by atoms with Crippen molar-refractivity contribution in [3.8, 4) is 0 Å². The molecule has 17 heavy (non-hydrogen) atoms. The van der Waals surface area contributed by atoms with Crippen LogP contribution in [0.2, 0.25) is 0 Å². The number of benzene rings is 1. The van der Waals surface area contributed by atoms with Crippen LogP contribution in [0, 0.1) is 0 Å². The second-order valence-corrected chi connectivity index (χ2v) is 4.43. The highest BCUT2D eigenvalue weighted by molar-refractivity contribution is 5.94. The number of ketones is 1. The predicted molar refractivity (Wildman–Crippen MR) is 67.0 cm³/mol. The van der Waals surface area contributed by atoms with E-state index in [1.54, 1.807) is 6.92 Å². The van der Waals surface area contributed by atoms with Gasteiger partial charge in [0.05, 0.1) is 6.10 Å². The smallest absolute Gasteiger partial charge is 0.159 e. The Morgan fingerprint density at radius 3 is 2.71 bits per heavy atom. The van der Waals surface area contributed by atoms with Crippen LogP contribution in [-0.4, -0.2) is 25.0 Å². The number of rotatable bonds is 3. The third-order valence-electron chi connectivity index (χ3n) is 3.25. The van der Waals surface area contributed by atoms with Crippen molar-refractivity contribution in [1.29, 1.82) is 0 Å². The summed E-state index contributed by atoms with van der Waals surface area (Å²) in [5.74, 6) is 5.29. The van der Waals surface area contributed by atoms with Crippen molar-refractivity contribution in [1.82, 2.24) is 0 Å². The number of Topliss-reactive ketones (excluding diaryl/α,β-unsaturated/α-hetero) is 1. The van der Waals surface area contributed by atoms with Crippen molar-refractivity contribution in [3.63, 3.8) is 0 Å². The minimum absolute atomic E-state index is 0.104. The Morgan fingerprint density at radius 2 is 2.12 bits per heavy atom. The van der Waals surface area contributed by atoms with Gasteiger partial charge in [-0.2, -0.15) is 0 Å². The monoisotopic (exact) mass is 234 g/mol. The Balaban J connectivity index is 2.08. The van der Waals surface area contributed by atoms with Gasteiger partial charge in [0.2, 0.25) is 0 Å². The Bertz CT molecular complexity index is 398. The molecule has 2 rings (SSSR count). The minimum Gasteiger partial charge on any atom is -0.371 e. The highest BCUT2D eigenvalue weighted by atomic mass is 16.6. The molecule has 0 aromatic heterocycles. The summed E-state index contributed by atoms with van der Waals surface area (Å²) in [5, 5.41) is 0. The number of hydrogen-bond donors (Lipinski definition) is 1. The van der Waals surface area contributed by atoms with Crippen LogP contribution in [-0.2, 0) is 4.84 Å². The Hall–Kier alpha value is -1.39. The highest BCUT2D eigenvalue weighted by Gasteiger charge is 2.19. The van der Waals surface area contributed by atoms with Crippen LogP contribution in [0.4, 0.5) is 5.69 Å². The lowest BCUT2D eigenvalue weighted by Crippen LogP contribution is -2.38. The topological polar surface area (TPSA) is 55.6 Å². The zero-order chi connectivity index (χ0) is 12.3. The molecule has 0 atom stereocenters. The molecular formula is C13H18N2O2. The van der Waals surface area contributed by atoms with E-state index in [0.29, 0.717) is 0 Å². The van der Waals surface area contributed by atoms with Gasteiger partial charge >= 0.3 is 0 Å². The van der Waals surface area contributed by atoms with E-state index in [-0.39, 0.29) is 11.9 Å². The maximum atomic E-state index is 11.3. The van der Waals surface area contributed by atoms with Gasteiger partial charge in [-0.25, -0.2) is 5.90 Å². The van der Waals surface area contributed by atoms with Gasteiger partial charge in [0.1, 0.15) is 0 Å². The van der Waals surface area contributed by atoms with Crippen LogP contribution in [0.1, 0.15) is 30.1 Å². The molecule has 1 heterocycles. The van der Waals surface area contributed by atoms with Gasteiger partial charge in [0, 0.05) is 24.3 Å². The van der Waals surface area contributed by atoms with Crippen molar-refractivity contribution < 1.29 is 9.63 Å². The van der Waals surface area contributed by atoms with E-state index in [9.17, 15) is 4.79 Å². The molecule has 2 N–H and O–H groups in total. The van der Waals surface area contributed by atoms with E-state index in [1.165, 1.54) is 0 Å². The molecule has 4 nitrogen and oxygen atoms in total. The zero-order valence-electron chi connectivity index (χ0n) is 10.1. The van der Waals surface area contributed by atoms with E-state index < -0.39 is 0 Å². The summed E-state index contributed by atoms with van der Waals surface area (Å²) in [6.07, 6.45) is 2.03. The van der Waals surface area contributed by atoms with Crippen LogP contribution >= 0.6 is 0 Å². The third-order valence-corrected chi connectivity index (χ3v) is 3.25. The number of piperidine rings is 1. The molecule has 0 spiro atoms. The molecule has 0 amide bonds. The van der Waals surface area contributed by atoms with E-state index in [2.05, 4.69) is 4.90 Å². The SMILES string of the molecule is CC(=O)c1cccc(N2CCC(ON)CC2)c1. The molecule has 1 fully saturated rings. The lowest BCUT2D eigenvalue weighted by molar-refractivity contribution is 0.0367. The van der Waals surface area contributed by atoms with Crippen LogP contribution < -0.4 is 10.8 Å². The first-order chi connectivity index (χ1) is 8.20. The first-order valence-electron chi connectivity index (χ1n) is 5.92. The second kappa shape index (κ2) is 5.29. The fourth-order valence-corrected chi connectivity index (χ4v) is 2.17. The van der Waals surface area contributed by atoms with Crippen molar-refractivity contribution in [2.45, 2.75) is 25.9 Å². The minimum atomic E-state index is 0.104. The van der Waals surface area contributed by atoms with E-state index in [4.69, 9.17) is 10.7 Å². The second-order valence-electron chi connectivity index (χ2n) is 4.43. The Morgan fingerprint density at radius 1 is 1.41 bits per heavy atom. The first-order valence-corrected chi connectivity index (χ1v) is 5.92. The summed E-state index contributed by atoms with van der Waals surface area (Å²) in [6, 6.07) is 7.77. The summed E-state index contributed by atoms with van der Waals surface area (Å²) in [7, 11) is 0. The molecule has 1 aliphatic heterocycles. The quantitative estimate of drug-likeness (QED) is 0.639. The summed E-state index contributed by atoms with van der Waals surface area (Å²) in [5.41, 5.74) is 1.87. The predicted octanol–water partition coefficient (Wildman–Crippen LogP) is 1.75. The van der Waals surface area contributed by atoms with Gasteiger partial charge in [-0.1, -0.05) is 12.1 Å². The fourth-order valence-electron chi connectivity index (χ4n) is 2.17. The maximum absolute atomic E-state index is 11.3. The van der Waals surface area contributed by atoms with Crippen molar-refractivity contribution in [2.24, 2.45) is 5.90 Å². The van der Waals surface area contributed by atoms with Crippen molar-refractivity contribution in [3.05, 3.63) is 29.8 Å².